The zero-order valence-electron chi connectivity index (χ0n) is 15.6. The van der Waals surface area contributed by atoms with Gasteiger partial charge in [0.25, 0.3) is 10.0 Å². The van der Waals surface area contributed by atoms with E-state index in [2.05, 4.69) is 10.0 Å². The Bertz CT molecular complexity index is 1020. The van der Waals surface area contributed by atoms with Gasteiger partial charge in [0.1, 0.15) is 5.82 Å². The third-order valence-electron chi connectivity index (χ3n) is 5.94. The fourth-order valence-corrected chi connectivity index (χ4v) is 5.85. The number of nitrogens with one attached hydrogen (secondary N) is 2. The largest absolute Gasteiger partial charge is 0.326 e. The highest BCUT2D eigenvalue weighted by molar-refractivity contribution is 7.92. The van der Waals surface area contributed by atoms with Gasteiger partial charge in [-0.2, -0.15) is 0 Å². The van der Waals surface area contributed by atoms with E-state index in [4.69, 9.17) is 0 Å². The molecule has 0 saturated heterocycles. The third kappa shape index (κ3) is 3.63. The molecule has 28 heavy (non-hydrogen) atoms. The predicted octanol–water partition coefficient (Wildman–Crippen LogP) is 4.31. The van der Waals surface area contributed by atoms with Crippen LogP contribution in [-0.2, 0) is 14.8 Å². The van der Waals surface area contributed by atoms with Crippen LogP contribution in [0.25, 0.3) is 0 Å². The molecule has 2 saturated carbocycles. The molecule has 4 rings (SSSR count). The lowest BCUT2D eigenvalue weighted by molar-refractivity contribution is -0.121. The first-order valence-corrected chi connectivity index (χ1v) is 11.0. The molecule has 3 unspecified atom stereocenters. The summed E-state index contributed by atoms with van der Waals surface area (Å²) < 4.78 is 41.7. The lowest BCUT2D eigenvalue weighted by Crippen LogP contribution is -2.27. The van der Waals surface area contributed by atoms with Crippen LogP contribution in [0.5, 0.6) is 0 Å². The molecule has 5 nitrogen and oxygen atoms in total. The zero-order chi connectivity index (χ0) is 19.9. The molecular weight excluding hydrogens is 379 g/mol. The van der Waals surface area contributed by atoms with Gasteiger partial charge in [-0.05, 0) is 67.9 Å². The Morgan fingerprint density at radius 2 is 1.89 bits per heavy atom. The zero-order valence-corrected chi connectivity index (χ0v) is 16.4. The lowest BCUT2D eigenvalue weighted by Gasteiger charge is -2.21. The van der Waals surface area contributed by atoms with E-state index in [1.807, 2.05) is 0 Å². The SMILES string of the molecule is Cc1ccc(NC(=O)C2CC3CCC2C3)cc1S(=O)(=O)Nc1ccccc1F. The summed E-state index contributed by atoms with van der Waals surface area (Å²) >= 11 is 0. The van der Waals surface area contributed by atoms with Crippen molar-refractivity contribution in [3.05, 3.63) is 53.8 Å². The number of aryl methyl sites for hydroxylation is 1. The Kier molecular flexibility index (Phi) is 4.87. The number of benzene rings is 2. The molecule has 0 radical (unpaired) electrons. The van der Waals surface area contributed by atoms with Crippen molar-refractivity contribution < 1.29 is 17.6 Å². The molecule has 0 aliphatic heterocycles. The number of sulfonamides is 1. The van der Waals surface area contributed by atoms with E-state index < -0.39 is 15.8 Å². The highest BCUT2D eigenvalue weighted by Gasteiger charge is 2.43. The molecule has 2 fully saturated rings. The van der Waals surface area contributed by atoms with Gasteiger partial charge < -0.3 is 5.32 Å². The van der Waals surface area contributed by atoms with Crippen LogP contribution < -0.4 is 10.0 Å². The van der Waals surface area contributed by atoms with E-state index in [0.29, 0.717) is 23.1 Å². The number of amides is 1. The van der Waals surface area contributed by atoms with Crippen molar-refractivity contribution in [1.29, 1.82) is 0 Å². The smallest absolute Gasteiger partial charge is 0.262 e. The van der Waals surface area contributed by atoms with E-state index in [9.17, 15) is 17.6 Å². The monoisotopic (exact) mass is 402 g/mol. The van der Waals surface area contributed by atoms with Gasteiger partial charge >= 0.3 is 0 Å². The van der Waals surface area contributed by atoms with Crippen LogP contribution in [0, 0.1) is 30.5 Å². The number of rotatable bonds is 5. The topological polar surface area (TPSA) is 75.3 Å². The maximum atomic E-state index is 13.9. The van der Waals surface area contributed by atoms with Gasteiger partial charge in [0, 0.05) is 11.6 Å². The van der Waals surface area contributed by atoms with Gasteiger partial charge in [-0.1, -0.05) is 24.6 Å². The molecule has 2 aromatic rings. The minimum atomic E-state index is -3.99. The van der Waals surface area contributed by atoms with Gasteiger partial charge in [-0.3, -0.25) is 9.52 Å². The summed E-state index contributed by atoms with van der Waals surface area (Å²) in [4.78, 5) is 12.7. The summed E-state index contributed by atoms with van der Waals surface area (Å²) in [5.74, 6) is 0.420. The Morgan fingerprint density at radius 1 is 1.11 bits per heavy atom. The first-order chi connectivity index (χ1) is 13.3. The van der Waals surface area contributed by atoms with E-state index in [0.717, 1.165) is 19.3 Å². The molecule has 0 heterocycles. The van der Waals surface area contributed by atoms with Crippen LogP contribution in [0.4, 0.5) is 15.8 Å². The second-order valence-corrected chi connectivity index (χ2v) is 9.49. The molecule has 7 heteroatoms. The molecule has 2 aromatic carbocycles. The molecule has 0 aromatic heterocycles. The van der Waals surface area contributed by atoms with Crippen LogP contribution in [-0.4, -0.2) is 14.3 Å². The van der Waals surface area contributed by atoms with E-state index in [1.165, 1.54) is 30.7 Å². The quantitative estimate of drug-likeness (QED) is 0.783. The van der Waals surface area contributed by atoms with Crippen molar-refractivity contribution in [2.45, 2.75) is 37.5 Å². The third-order valence-corrected chi connectivity index (χ3v) is 7.45. The summed E-state index contributed by atoms with van der Waals surface area (Å²) in [6.45, 7) is 1.66. The highest BCUT2D eigenvalue weighted by atomic mass is 32.2. The Balaban J connectivity index is 1.55. The van der Waals surface area contributed by atoms with Crippen molar-refractivity contribution in [2.24, 2.45) is 17.8 Å². The number of carbonyl (C=O) groups excluding carboxylic acids is 1. The van der Waals surface area contributed by atoms with Crippen LogP contribution in [0.3, 0.4) is 0 Å². The van der Waals surface area contributed by atoms with Crippen molar-refractivity contribution in [2.75, 3.05) is 10.0 Å². The number of para-hydroxylation sites is 1. The molecule has 1 amide bonds. The molecule has 0 spiro atoms. The van der Waals surface area contributed by atoms with Gasteiger partial charge in [0.2, 0.25) is 5.91 Å². The van der Waals surface area contributed by atoms with Crippen LogP contribution >= 0.6 is 0 Å². The number of fused-ring (bicyclic) bond motifs is 2. The number of anilines is 2. The van der Waals surface area contributed by atoms with Gasteiger partial charge in [-0.15, -0.1) is 0 Å². The Hall–Kier alpha value is -2.41. The summed E-state index contributed by atoms with van der Waals surface area (Å²) in [5.41, 5.74) is 0.840. The maximum absolute atomic E-state index is 13.9. The molecule has 2 aliphatic rings. The number of carbonyl (C=O) groups is 1. The lowest BCUT2D eigenvalue weighted by atomic mass is 9.88. The fraction of sp³-hybridized carbons (Fsp3) is 0.381. The van der Waals surface area contributed by atoms with Crippen molar-refractivity contribution >= 4 is 27.3 Å². The first kappa shape index (κ1) is 18.9. The molecule has 2 aliphatic carbocycles. The molecule has 148 valence electrons. The van der Waals surface area contributed by atoms with Crippen molar-refractivity contribution in [1.82, 2.24) is 0 Å². The summed E-state index contributed by atoms with van der Waals surface area (Å²) in [5, 5.41) is 2.88. The summed E-state index contributed by atoms with van der Waals surface area (Å²) in [7, 11) is -3.99. The van der Waals surface area contributed by atoms with Crippen LogP contribution in [0.2, 0.25) is 0 Å². The van der Waals surface area contributed by atoms with E-state index >= 15 is 0 Å². The average Bonchev–Trinajstić information content (AvgIpc) is 3.28. The van der Waals surface area contributed by atoms with Crippen LogP contribution in [0.15, 0.2) is 47.4 Å². The van der Waals surface area contributed by atoms with Gasteiger partial charge in [0.05, 0.1) is 10.6 Å². The van der Waals surface area contributed by atoms with Crippen LogP contribution in [0.1, 0.15) is 31.2 Å². The van der Waals surface area contributed by atoms with Gasteiger partial charge in [-0.25, -0.2) is 12.8 Å². The Labute approximate surface area is 164 Å². The minimum absolute atomic E-state index is 0.0108. The standard InChI is InChI=1S/C21H23FN2O3S/c1-13-6-9-16(23-21(25)17-11-14-7-8-15(17)10-14)12-20(13)28(26,27)24-19-5-3-2-4-18(19)22/h2-6,9,12,14-15,17,24H,7-8,10-11H2,1H3,(H,23,25). The molecular formula is C21H23FN2O3S. The maximum Gasteiger partial charge on any atom is 0.262 e. The van der Waals surface area contributed by atoms with Crippen molar-refractivity contribution in [3.63, 3.8) is 0 Å². The van der Waals surface area contributed by atoms with Crippen molar-refractivity contribution in [3.8, 4) is 0 Å². The second kappa shape index (κ2) is 7.20. The molecule has 2 bridgehead atoms. The highest BCUT2D eigenvalue weighted by Crippen LogP contribution is 2.48. The molecule has 2 N–H and O–H groups in total. The summed E-state index contributed by atoms with van der Waals surface area (Å²) in [6.07, 6.45) is 4.35. The number of halogens is 1. The Morgan fingerprint density at radius 3 is 2.57 bits per heavy atom. The number of hydrogen-bond donors (Lipinski definition) is 2. The predicted molar refractivity (Wildman–Crippen MR) is 106 cm³/mol. The minimum Gasteiger partial charge on any atom is -0.326 e. The van der Waals surface area contributed by atoms with E-state index in [-0.39, 0.29) is 22.4 Å². The normalized spacial score (nSPS) is 23.6. The summed E-state index contributed by atoms with van der Waals surface area (Å²) in [6, 6.07) is 10.4. The van der Waals surface area contributed by atoms with E-state index in [1.54, 1.807) is 25.1 Å². The molecule has 3 atom stereocenters. The second-order valence-electron chi connectivity index (χ2n) is 7.84. The number of hydrogen-bond acceptors (Lipinski definition) is 3. The van der Waals surface area contributed by atoms with Gasteiger partial charge in [0.15, 0.2) is 0 Å². The first-order valence-electron chi connectivity index (χ1n) is 9.52. The average molecular weight is 402 g/mol. The fourth-order valence-electron chi connectivity index (χ4n) is 4.51.